The molecule has 3 saturated carbocycles. The van der Waals surface area contributed by atoms with E-state index in [-0.39, 0.29) is 29.1 Å². The summed E-state index contributed by atoms with van der Waals surface area (Å²) in [7, 11) is 1.67. The van der Waals surface area contributed by atoms with Gasteiger partial charge in [-0.05, 0) is 43.2 Å². The maximum atomic E-state index is 12.8. The molecule has 6 nitrogen and oxygen atoms in total. The minimum Gasteiger partial charge on any atom is -0.467 e. The number of para-hydroxylation sites is 1. The van der Waals surface area contributed by atoms with Crippen LogP contribution in [0.3, 0.4) is 0 Å². The van der Waals surface area contributed by atoms with Crippen LogP contribution >= 0.6 is 0 Å². The Morgan fingerprint density at radius 2 is 2.22 bits per heavy atom. The van der Waals surface area contributed by atoms with Crippen LogP contribution in [-0.2, 0) is 9.53 Å². The van der Waals surface area contributed by atoms with E-state index >= 15 is 0 Å². The third-order valence-electron chi connectivity index (χ3n) is 6.64. The molecule has 3 fully saturated rings. The van der Waals surface area contributed by atoms with Gasteiger partial charge in [-0.25, -0.2) is 0 Å². The molecular weight excluding hydrogens is 344 g/mol. The highest BCUT2D eigenvalue weighted by atomic mass is 16.5. The normalized spacial score (nSPS) is 33.9. The molecule has 3 aliphatic carbocycles. The van der Waals surface area contributed by atoms with E-state index in [0.717, 1.165) is 25.7 Å². The van der Waals surface area contributed by atoms with E-state index in [0.29, 0.717) is 30.9 Å². The number of ether oxygens (including phenoxy) is 2. The predicted molar refractivity (Wildman–Crippen MR) is 100 cm³/mol. The summed E-state index contributed by atoms with van der Waals surface area (Å²) in [5.41, 5.74) is -0.285. The van der Waals surface area contributed by atoms with Gasteiger partial charge in [-0.3, -0.25) is 9.59 Å². The molecule has 1 aromatic carbocycles. The topological polar surface area (TPSA) is 76.7 Å². The number of hydrogen-bond donors (Lipinski definition) is 2. The van der Waals surface area contributed by atoms with E-state index in [4.69, 9.17) is 9.47 Å². The lowest BCUT2D eigenvalue weighted by molar-refractivity contribution is -0.167. The molecule has 0 aromatic heterocycles. The lowest BCUT2D eigenvalue weighted by Crippen LogP contribution is -2.69. The Kier molecular flexibility index (Phi) is 4.62. The summed E-state index contributed by atoms with van der Waals surface area (Å²) < 4.78 is 11.4. The number of benzene rings is 1. The van der Waals surface area contributed by atoms with E-state index < -0.39 is 5.72 Å². The Balaban J connectivity index is 1.51. The molecule has 2 amide bonds. The van der Waals surface area contributed by atoms with Crippen LogP contribution in [0.5, 0.6) is 5.75 Å². The molecule has 0 saturated heterocycles. The van der Waals surface area contributed by atoms with Gasteiger partial charge in [-0.15, -0.1) is 0 Å². The van der Waals surface area contributed by atoms with Gasteiger partial charge in [0.1, 0.15) is 5.75 Å². The van der Waals surface area contributed by atoms with Crippen LogP contribution in [0.15, 0.2) is 24.3 Å². The minimum atomic E-state index is -0.689. The summed E-state index contributed by atoms with van der Waals surface area (Å²) in [6.07, 6.45) is 4.17. The van der Waals surface area contributed by atoms with Crippen molar-refractivity contribution in [2.75, 3.05) is 20.3 Å². The Hall–Kier alpha value is -2.08. The highest BCUT2D eigenvalue weighted by molar-refractivity contribution is 5.98. The van der Waals surface area contributed by atoms with E-state index in [9.17, 15) is 9.59 Å². The number of amides is 2. The van der Waals surface area contributed by atoms with Crippen LogP contribution in [0.2, 0.25) is 0 Å². The van der Waals surface area contributed by atoms with Crippen LogP contribution in [-0.4, -0.2) is 37.8 Å². The Morgan fingerprint density at radius 1 is 1.41 bits per heavy atom. The summed E-state index contributed by atoms with van der Waals surface area (Å²) in [6, 6.07) is 7.39. The molecule has 27 heavy (non-hydrogen) atoms. The first kappa shape index (κ1) is 18.3. The number of methoxy groups -OCH3 is 1. The second-order valence-corrected chi connectivity index (χ2v) is 8.43. The van der Waals surface area contributed by atoms with E-state index in [1.807, 2.05) is 18.2 Å². The first-order chi connectivity index (χ1) is 13.0. The van der Waals surface area contributed by atoms with Crippen molar-refractivity contribution >= 4 is 11.8 Å². The molecule has 5 rings (SSSR count). The third kappa shape index (κ3) is 3.10. The average Bonchev–Trinajstić information content (AvgIpc) is 2.64. The molecule has 6 heteroatoms. The summed E-state index contributed by atoms with van der Waals surface area (Å²) in [5, 5.41) is 6.22. The van der Waals surface area contributed by atoms with E-state index in [1.54, 1.807) is 13.2 Å². The molecule has 2 bridgehead atoms. The number of carbonyl (C=O) groups excluding carboxylic acids is 2. The van der Waals surface area contributed by atoms with Gasteiger partial charge in [0.25, 0.3) is 5.91 Å². The van der Waals surface area contributed by atoms with E-state index in [2.05, 4.69) is 17.6 Å². The maximum absolute atomic E-state index is 12.8. The monoisotopic (exact) mass is 372 g/mol. The fourth-order valence-corrected chi connectivity index (χ4v) is 5.21. The highest BCUT2D eigenvalue weighted by Gasteiger charge is 2.61. The van der Waals surface area contributed by atoms with Gasteiger partial charge in [0.2, 0.25) is 5.91 Å². The molecule has 1 aromatic rings. The third-order valence-corrected chi connectivity index (χ3v) is 6.64. The largest absolute Gasteiger partial charge is 0.467 e. The fourth-order valence-electron chi connectivity index (χ4n) is 5.21. The van der Waals surface area contributed by atoms with Crippen molar-refractivity contribution in [3.05, 3.63) is 29.8 Å². The smallest absolute Gasteiger partial charge is 0.258 e. The van der Waals surface area contributed by atoms with Gasteiger partial charge in [-0.1, -0.05) is 19.1 Å². The lowest BCUT2D eigenvalue weighted by atomic mass is 9.52. The Bertz CT molecular complexity index is 751. The Labute approximate surface area is 160 Å². The molecule has 4 aliphatic rings. The number of fused-ring (bicyclic) bond motifs is 3. The SMILES string of the molecule is COCCCNC(=O)[C@@H]1C[C@H]2CC[C@@]1(C)C[C@]21NC(=O)c2ccccc2O1. The molecule has 0 radical (unpaired) electrons. The zero-order chi connectivity index (χ0) is 19.1. The minimum absolute atomic E-state index is 0.0397. The second kappa shape index (κ2) is 6.82. The van der Waals surface area contributed by atoms with Crippen LogP contribution in [0.25, 0.3) is 0 Å². The van der Waals surface area contributed by atoms with Crippen molar-refractivity contribution in [1.82, 2.24) is 10.6 Å². The number of carbonyl (C=O) groups is 2. The molecular formula is C21H28N2O4. The van der Waals surface area contributed by atoms with Crippen LogP contribution in [0.1, 0.15) is 49.4 Å². The molecule has 4 atom stereocenters. The van der Waals surface area contributed by atoms with Crippen molar-refractivity contribution in [3.8, 4) is 5.75 Å². The standard InChI is InChI=1S/C21H28N2O4/c1-20-9-8-14(12-16(20)19(25)22-10-5-11-26-2)21(13-20)23-18(24)15-6-3-4-7-17(15)27-21/h3-4,6-7,14,16H,5,8-13H2,1-2H3,(H,22,25)(H,23,24)/t14-,16+,20+,21-/m1/s1. The Morgan fingerprint density at radius 3 is 3.00 bits per heavy atom. The predicted octanol–water partition coefficient (Wildman–Crippen LogP) is 2.48. The summed E-state index contributed by atoms with van der Waals surface area (Å²) in [5.74, 6) is 0.802. The van der Waals surface area contributed by atoms with Crippen molar-refractivity contribution in [3.63, 3.8) is 0 Å². The van der Waals surface area contributed by atoms with Crippen molar-refractivity contribution in [2.24, 2.45) is 17.3 Å². The summed E-state index contributed by atoms with van der Waals surface area (Å²) in [6.45, 7) is 3.45. The van der Waals surface area contributed by atoms with Gasteiger partial charge < -0.3 is 20.1 Å². The fraction of sp³-hybridized carbons (Fsp3) is 0.619. The first-order valence-corrected chi connectivity index (χ1v) is 9.85. The molecule has 1 aliphatic heterocycles. The van der Waals surface area contributed by atoms with Gasteiger partial charge >= 0.3 is 0 Å². The second-order valence-electron chi connectivity index (χ2n) is 8.43. The molecule has 0 unspecified atom stereocenters. The molecule has 1 spiro atoms. The van der Waals surface area contributed by atoms with Gasteiger partial charge in [0.05, 0.1) is 5.56 Å². The maximum Gasteiger partial charge on any atom is 0.258 e. The molecule has 2 N–H and O–H groups in total. The van der Waals surface area contributed by atoms with Gasteiger partial charge in [-0.2, -0.15) is 0 Å². The molecule has 146 valence electrons. The van der Waals surface area contributed by atoms with Crippen molar-refractivity contribution < 1.29 is 19.1 Å². The molecule has 1 heterocycles. The lowest BCUT2D eigenvalue weighted by Gasteiger charge is -2.59. The summed E-state index contributed by atoms with van der Waals surface area (Å²) >= 11 is 0. The van der Waals surface area contributed by atoms with Crippen molar-refractivity contribution in [1.29, 1.82) is 0 Å². The summed E-state index contributed by atoms with van der Waals surface area (Å²) in [4.78, 5) is 25.5. The quantitative estimate of drug-likeness (QED) is 0.779. The number of hydrogen-bond acceptors (Lipinski definition) is 4. The van der Waals surface area contributed by atoms with Crippen LogP contribution < -0.4 is 15.4 Å². The number of rotatable bonds is 5. The number of nitrogens with one attached hydrogen (secondary N) is 2. The highest BCUT2D eigenvalue weighted by Crippen LogP contribution is 2.58. The zero-order valence-electron chi connectivity index (χ0n) is 16.0. The van der Waals surface area contributed by atoms with Crippen LogP contribution in [0, 0.1) is 17.3 Å². The first-order valence-electron chi connectivity index (χ1n) is 9.85. The van der Waals surface area contributed by atoms with Gasteiger partial charge in [0, 0.05) is 38.5 Å². The zero-order valence-corrected chi connectivity index (χ0v) is 16.0. The van der Waals surface area contributed by atoms with Gasteiger partial charge in [0.15, 0.2) is 5.72 Å². The van der Waals surface area contributed by atoms with Crippen molar-refractivity contribution in [2.45, 2.75) is 44.8 Å². The average molecular weight is 372 g/mol. The van der Waals surface area contributed by atoms with E-state index in [1.165, 1.54) is 0 Å². The van der Waals surface area contributed by atoms with Crippen LogP contribution in [0.4, 0.5) is 0 Å².